The highest BCUT2D eigenvalue weighted by molar-refractivity contribution is 5.55. The van der Waals surface area contributed by atoms with Gasteiger partial charge in [0.1, 0.15) is 5.82 Å². The Kier molecular flexibility index (Phi) is 2.90. The van der Waals surface area contributed by atoms with E-state index >= 15 is 0 Å². The summed E-state index contributed by atoms with van der Waals surface area (Å²) < 4.78 is 1.51. The summed E-state index contributed by atoms with van der Waals surface area (Å²) in [5.74, 6) is 0.667. The second-order valence-corrected chi connectivity index (χ2v) is 4.17. The fourth-order valence-corrected chi connectivity index (χ4v) is 1.91. The van der Waals surface area contributed by atoms with Crippen LogP contribution in [0.2, 0.25) is 0 Å². The lowest BCUT2D eigenvalue weighted by molar-refractivity contribution is 0.853. The topological polar surface area (TPSA) is 49.8 Å². The molecule has 0 fully saturated rings. The number of H-pyrrole nitrogens is 1. The molecule has 0 spiro atoms. The van der Waals surface area contributed by atoms with Gasteiger partial charge in [0.25, 0.3) is 5.56 Å². The highest BCUT2D eigenvalue weighted by Gasteiger charge is 2.04. The molecule has 2 N–H and O–H groups in total. The molecular weight excluding hydrogens is 238 g/mol. The summed E-state index contributed by atoms with van der Waals surface area (Å²) >= 11 is 0. The molecule has 0 saturated heterocycles. The third-order valence-corrected chi connectivity index (χ3v) is 2.79. The first kappa shape index (κ1) is 11.3. The van der Waals surface area contributed by atoms with Crippen molar-refractivity contribution in [3.8, 4) is 5.69 Å². The van der Waals surface area contributed by atoms with Crippen LogP contribution in [0.3, 0.4) is 0 Å². The number of anilines is 2. The van der Waals surface area contributed by atoms with Gasteiger partial charge in [0.2, 0.25) is 0 Å². The molecule has 94 valence electrons. The largest absolute Gasteiger partial charge is 0.341 e. The average molecular weight is 251 g/mol. The van der Waals surface area contributed by atoms with E-state index in [1.54, 1.807) is 6.07 Å². The van der Waals surface area contributed by atoms with E-state index in [0.717, 1.165) is 11.4 Å². The van der Waals surface area contributed by atoms with Crippen LogP contribution in [0.4, 0.5) is 11.5 Å². The summed E-state index contributed by atoms with van der Waals surface area (Å²) in [7, 11) is 0. The molecule has 1 heterocycles. The molecule has 0 saturated carbocycles. The van der Waals surface area contributed by atoms with Crippen LogP contribution in [0.5, 0.6) is 0 Å². The van der Waals surface area contributed by atoms with E-state index in [1.165, 1.54) is 4.68 Å². The van der Waals surface area contributed by atoms with Crippen molar-refractivity contribution < 1.29 is 0 Å². The van der Waals surface area contributed by atoms with E-state index in [1.807, 2.05) is 60.7 Å². The minimum atomic E-state index is -0.0929. The number of rotatable bonds is 3. The molecule has 1 aromatic heterocycles. The monoisotopic (exact) mass is 251 g/mol. The SMILES string of the molecule is O=c1cc(Nc2ccccc2)[nH]n1-c1ccccc1. The second kappa shape index (κ2) is 4.86. The molecule has 0 radical (unpaired) electrons. The molecule has 0 amide bonds. The van der Waals surface area contributed by atoms with Gasteiger partial charge in [-0.05, 0) is 24.3 Å². The Bertz CT molecular complexity index is 714. The standard InChI is InChI=1S/C15H13N3O/c19-15-11-14(16-12-7-3-1-4-8-12)17-18(15)13-9-5-2-6-10-13/h1-11,16-17H. The number of nitrogens with zero attached hydrogens (tertiary/aromatic N) is 1. The Balaban J connectivity index is 1.92. The van der Waals surface area contributed by atoms with E-state index in [9.17, 15) is 4.79 Å². The maximum absolute atomic E-state index is 11.9. The Hall–Kier alpha value is -2.75. The first-order chi connectivity index (χ1) is 9.33. The third kappa shape index (κ3) is 2.42. The van der Waals surface area contributed by atoms with Crippen LogP contribution in [0.25, 0.3) is 5.69 Å². The van der Waals surface area contributed by atoms with Gasteiger partial charge in [-0.25, -0.2) is 4.68 Å². The van der Waals surface area contributed by atoms with Gasteiger partial charge in [0.05, 0.1) is 5.69 Å². The summed E-state index contributed by atoms with van der Waals surface area (Å²) in [5, 5.41) is 6.20. The molecular formula is C15H13N3O. The number of aromatic amines is 1. The lowest BCUT2D eigenvalue weighted by atomic mass is 10.3. The van der Waals surface area contributed by atoms with Gasteiger partial charge in [-0.1, -0.05) is 36.4 Å². The van der Waals surface area contributed by atoms with Crippen molar-refractivity contribution in [3.63, 3.8) is 0 Å². The predicted molar refractivity (Wildman–Crippen MR) is 76.1 cm³/mol. The van der Waals surface area contributed by atoms with Crippen LogP contribution in [0.15, 0.2) is 71.5 Å². The number of para-hydroxylation sites is 2. The minimum Gasteiger partial charge on any atom is -0.341 e. The molecule has 4 nitrogen and oxygen atoms in total. The van der Waals surface area contributed by atoms with E-state index < -0.39 is 0 Å². The van der Waals surface area contributed by atoms with Crippen LogP contribution in [0, 0.1) is 0 Å². The molecule has 0 aliphatic rings. The Labute approximate surface area is 110 Å². The van der Waals surface area contributed by atoms with Crippen molar-refractivity contribution >= 4 is 11.5 Å². The van der Waals surface area contributed by atoms with Gasteiger partial charge in [0, 0.05) is 11.8 Å². The zero-order chi connectivity index (χ0) is 13.1. The van der Waals surface area contributed by atoms with Crippen molar-refractivity contribution in [2.75, 3.05) is 5.32 Å². The fraction of sp³-hybridized carbons (Fsp3) is 0. The highest BCUT2D eigenvalue weighted by atomic mass is 16.1. The van der Waals surface area contributed by atoms with Crippen molar-refractivity contribution in [2.45, 2.75) is 0 Å². The number of hydrogen-bond acceptors (Lipinski definition) is 2. The number of nitrogens with one attached hydrogen (secondary N) is 2. The van der Waals surface area contributed by atoms with Gasteiger partial charge in [0.15, 0.2) is 0 Å². The zero-order valence-electron chi connectivity index (χ0n) is 10.2. The molecule has 4 heteroatoms. The quantitative estimate of drug-likeness (QED) is 0.752. The third-order valence-electron chi connectivity index (χ3n) is 2.79. The fourth-order valence-electron chi connectivity index (χ4n) is 1.91. The van der Waals surface area contributed by atoms with Gasteiger partial charge in [-0.2, -0.15) is 0 Å². The second-order valence-electron chi connectivity index (χ2n) is 4.17. The van der Waals surface area contributed by atoms with Gasteiger partial charge >= 0.3 is 0 Å². The lowest BCUT2D eigenvalue weighted by Gasteiger charge is -2.04. The molecule has 3 aromatic rings. The molecule has 0 aliphatic carbocycles. The maximum Gasteiger partial charge on any atom is 0.273 e. The summed E-state index contributed by atoms with van der Waals surface area (Å²) in [4.78, 5) is 11.9. The van der Waals surface area contributed by atoms with Crippen LogP contribution >= 0.6 is 0 Å². The Morgan fingerprint density at radius 3 is 2.21 bits per heavy atom. The van der Waals surface area contributed by atoms with Crippen molar-refractivity contribution in [3.05, 3.63) is 77.1 Å². The van der Waals surface area contributed by atoms with Crippen molar-refractivity contribution in [1.82, 2.24) is 9.78 Å². The minimum absolute atomic E-state index is 0.0929. The molecule has 2 aromatic carbocycles. The smallest absolute Gasteiger partial charge is 0.273 e. The molecule has 0 aliphatic heterocycles. The summed E-state index contributed by atoms with van der Waals surface area (Å²) in [5.41, 5.74) is 1.65. The van der Waals surface area contributed by atoms with Gasteiger partial charge in [-0.3, -0.25) is 9.89 Å². The number of aromatic nitrogens is 2. The van der Waals surface area contributed by atoms with Gasteiger partial charge < -0.3 is 5.32 Å². The Morgan fingerprint density at radius 1 is 0.895 bits per heavy atom. The van der Waals surface area contributed by atoms with Crippen LogP contribution < -0.4 is 10.9 Å². The van der Waals surface area contributed by atoms with E-state index in [-0.39, 0.29) is 5.56 Å². The van der Waals surface area contributed by atoms with Crippen LogP contribution in [0.1, 0.15) is 0 Å². The van der Waals surface area contributed by atoms with E-state index in [2.05, 4.69) is 10.4 Å². The first-order valence-corrected chi connectivity index (χ1v) is 6.02. The lowest BCUT2D eigenvalue weighted by Crippen LogP contribution is -2.12. The predicted octanol–water partition coefficient (Wildman–Crippen LogP) is 2.91. The van der Waals surface area contributed by atoms with Gasteiger partial charge in [-0.15, -0.1) is 0 Å². The highest BCUT2D eigenvalue weighted by Crippen LogP contribution is 2.13. The van der Waals surface area contributed by atoms with E-state index in [4.69, 9.17) is 0 Å². The molecule has 0 unspecified atom stereocenters. The normalized spacial score (nSPS) is 10.3. The average Bonchev–Trinajstić information content (AvgIpc) is 2.82. The molecule has 19 heavy (non-hydrogen) atoms. The zero-order valence-corrected chi connectivity index (χ0v) is 10.2. The van der Waals surface area contributed by atoms with Crippen molar-refractivity contribution in [2.24, 2.45) is 0 Å². The first-order valence-electron chi connectivity index (χ1n) is 6.02. The summed E-state index contributed by atoms with van der Waals surface area (Å²) in [6.45, 7) is 0. The van der Waals surface area contributed by atoms with E-state index in [0.29, 0.717) is 5.82 Å². The summed E-state index contributed by atoms with van der Waals surface area (Å²) in [6.07, 6.45) is 0. The molecule has 3 rings (SSSR count). The Morgan fingerprint density at radius 2 is 1.53 bits per heavy atom. The number of benzene rings is 2. The van der Waals surface area contributed by atoms with Crippen molar-refractivity contribution in [1.29, 1.82) is 0 Å². The summed E-state index contributed by atoms with van der Waals surface area (Å²) in [6, 6.07) is 20.7. The molecule has 0 bridgehead atoms. The number of hydrogen-bond donors (Lipinski definition) is 2. The van der Waals surface area contributed by atoms with Crippen LogP contribution in [-0.4, -0.2) is 9.78 Å². The van der Waals surface area contributed by atoms with Crippen LogP contribution in [-0.2, 0) is 0 Å². The maximum atomic E-state index is 11.9. The molecule has 0 atom stereocenters.